The number of piperidine rings is 1. The highest BCUT2D eigenvalue weighted by atomic mass is 19.1. The minimum Gasteiger partial charge on any atom is -0.445 e. The molecular weight excluding hydrogens is 383 g/mol. The van der Waals surface area contributed by atoms with Gasteiger partial charge in [-0.1, -0.05) is 36.4 Å². The summed E-state index contributed by atoms with van der Waals surface area (Å²) in [5.41, 5.74) is 1.70. The first-order chi connectivity index (χ1) is 14.5. The third-order valence-corrected chi connectivity index (χ3v) is 6.16. The van der Waals surface area contributed by atoms with Crippen molar-refractivity contribution in [3.05, 3.63) is 71.0 Å². The molecule has 2 unspecified atom stereocenters. The zero-order valence-electron chi connectivity index (χ0n) is 16.6. The molecule has 2 fully saturated rings. The maximum Gasteiger partial charge on any atom is 0.410 e. The zero-order chi connectivity index (χ0) is 21.1. The van der Waals surface area contributed by atoms with Crippen molar-refractivity contribution in [1.82, 2.24) is 4.90 Å². The molecular formula is C24H23FN2O3. The minimum atomic E-state index is -0.483. The fraction of sp³-hybridized carbons (Fsp3) is 0.375. The predicted molar refractivity (Wildman–Crippen MR) is 108 cm³/mol. The molecule has 2 aliphatic heterocycles. The van der Waals surface area contributed by atoms with Crippen molar-refractivity contribution in [3.8, 4) is 6.07 Å². The van der Waals surface area contributed by atoms with Crippen molar-refractivity contribution >= 4 is 11.9 Å². The van der Waals surface area contributed by atoms with E-state index < -0.39 is 5.82 Å². The van der Waals surface area contributed by atoms with Crippen molar-refractivity contribution in [2.24, 2.45) is 5.92 Å². The Labute approximate surface area is 175 Å². The van der Waals surface area contributed by atoms with Gasteiger partial charge in [0.1, 0.15) is 18.2 Å². The Bertz CT molecular complexity index is 972. The monoisotopic (exact) mass is 406 g/mol. The summed E-state index contributed by atoms with van der Waals surface area (Å²) in [6.07, 6.45) is 2.76. The molecule has 154 valence electrons. The van der Waals surface area contributed by atoms with E-state index in [1.54, 1.807) is 0 Å². The molecule has 2 heterocycles. The quantitative estimate of drug-likeness (QED) is 0.738. The van der Waals surface area contributed by atoms with Crippen LogP contribution in [-0.2, 0) is 22.6 Å². The fourth-order valence-corrected chi connectivity index (χ4v) is 4.67. The molecule has 5 nitrogen and oxygen atoms in total. The lowest BCUT2D eigenvalue weighted by Crippen LogP contribution is -2.48. The average Bonchev–Trinajstić information content (AvgIpc) is 3.03. The van der Waals surface area contributed by atoms with E-state index in [1.807, 2.05) is 41.3 Å². The smallest absolute Gasteiger partial charge is 0.410 e. The van der Waals surface area contributed by atoms with Crippen molar-refractivity contribution < 1.29 is 18.7 Å². The Hall–Kier alpha value is -3.20. The number of nitrogens with zero attached hydrogens (tertiary/aromatic N) is 2. The molecule has 6 heteroatoms. The number of amides is 1. The summed E-state index contributed by atoms with van der Waals surface area (Å²) in [7, 11) is 0. The van der Waals surface area contributed by atoms with Crippen molar-refractivity contribution in [2.75, 3.05) is 0 Å². The van der Waals surface area contributed by atoms with E-state index in [4.69, 9.17) is 4.74 Å². The molecule has 2 aromatic carbocycles. The minimum absolute atomic E-state index is 0.00429. The van der Waals surface area contributed by atoms with Crippen LogP contribution >= 0.6 is 0 Å². The van der Waals surface area contributed by atoms with Gasteiger partial charge in [-0.25, -0.2) is 9.18 Å². The van der Waals surface area contributed by atoms with Crippen LogP contribution < -0.4 is 0 Å². The second-order valence-corrected chi connectivity index (χ2v) is 8.06. The van der Waals surface area contributed by atoms with Gasteiger partial charge in [0.25, 0.3) is 0 Å². The topological polar surface area (TPSA) is 70.4 Å². The highest BCUT2D eigenvalue weighted by Gasteiger charge is 2.45. The SMILES string of the molecule is N#Cc1cc(F)ccc1CC(=O)C1CC2CCC(C1)N2C(=O)OCc1ccccc1. The van der Waals surface area contributed by atoms with E-state index in [0.29, 0.717) is 18.4 Å². The van der Waals surface area contributed by atoms with E-state index in [9.17, 15) is 19.2 Å². The molecule has 1 amide bonds. The molecule has 2 saturated heterocycles. The molecule has 0 aromatic heterocycles. The normalized spacial score (nSPS) is 22.4. The van der Waals surface area contributed by atoms with Crippen molar-refractivity contribution in [2.45, 2.75) is 50.8 Å². The molecule has 4 rings (SSSR count). The first-order valence-electron chi connectivity index (χ1n) is 10.3. The van der Waals surface area contributed by atoms with Crippen LogP contribution in [0.4, 0.5) is 9.18 Å². The van der Waals surface area contributed by atoms with Gasteiger partial charge in [-0.3, -0.25) is 4.79 Å². The van der Waals surface area contributed by atoms with Gasteiger partial charge in [-0.2, -0.15) is 5.26 Å². The lowest BCUT2D eigenvalue weighted by molar-refractivity contribution is -0.124. The summed E-state index contributed by atoms with van der Waals surface area (Å²) < 4.78 is 18.9. The first-order valence-corrected chi connectivity index (χ1v) is 10.3. The third-order valence-electron chi connectivity index (χ3n) is 6.16. The number of nitriles is 1. The fourth-order valence-electron chi connectivity index (χ4n) is 4.67. The van der Waals surface area contributed by atoms with E-state index in [2.05, 4.69) is 0 Å². The number of rotatable bonds is 5. The number of hydrogen-bond donors (Lipinski definition) is 0. The molecule has 0 aliphatic carbocycles. The number of carbonyl (C=O) groups is 2. The highest BCUT2D eigenvalue weighted by molar-refractivity contribution is 5.84. The van der Waals surface area contributed by atoms with Gasteiger partial charge >= 0.3 is 6.09 Å². The lowest BCUT2D eigenvalue weighted by Gasteiger charge is -2.37. The number of halogens is 1. The van der Waals surface area contributed by atoms with Gasteiger partial charge in [-0.15, -0.1) is 0 Å². The number of benzene rings is 2. The van der Waals surface area contributed by atoms with Crippen molar-refractivity contribution in [1.29, 1.82) is 5.26 Å². The number of fused-ring (bicyclic) bond motifs is 2. The Morgan fingerprint density at radius 3 is 2.47 bits per heavy atom. The molecule has 2 aliphatic rings. The Morgan fingerprint density at radius 2 is 1.80 bits per heavy atom. The maximum absolute atomic E-state index is 13.3. The summed E-state index contributed by atoms with van der Waals surface area (Å²) in [5, 5.41) is 9.20. The van der Waals surface area contributed by atoms with Crippen LogP contribution in [-0.4, -0.2) is 28.9 Å². The number of Topliss-reactive ketones (excluding diaryl/α,β-unsaturated/α-hetero) is 1. The van der Waals surface area contributed by atoms with Gasteiger partial charge < -0.3 is 9.64 Å². The van der Waals surface area contributed by atoms with Gasteiger partial charge in [-0.05, 0) is 48.9 Å². The molecule has 2 aromatic rings. The molecule has 2 atom stereocenters. The Kier molecular flexibility index (Phi) is 5.80. The molecule has 0 spiro atoms. The van der Waals surface area contributed by atoms with Gasteiger partial charge in [0, 0.05) is 24.4 Å². The van der Waals surface area contributed by atoms with E-state index >= 15 is 0 Å². The Morgan fingerprint density at radius 1 is 1.10 bits per heavy atom. The summed E-state index contributed by atoms with van der Waals surface area (Å²) in [6, 6.07) is 15.5. The van der Waals surface area contributed by atoms with Crippen LogP contribution in [0, 0.1) is 23.1 Å². The first kappa shape index (κ1) is 20.1. The van der Waals surface area contributed by atoms with Crippen LogP contribution in [0.3, 0.4) is 0 Å². The predicted octanol–water partition coefficient (Wildman–Crippen LogP) is 4.39. The standard InChI is InChI=1S/C24H23FN2O3/c25-20-7-6-17(19(10-20)14-26)13-23(28)18-11-21-8-9-22(12-18)27(21)24(29)30-15-16-4-2-1-3-5-16/h1-7,10,18,21-22H,8-9,11-13,15H2. The van der Waals surface area contributed by atoms with Gasteiger partial charge in [0.15, 0.2) is 0 Å². The number of carbonyl (C=O) groups excluding carboxylic acids is 2. The van der Waals surface area contributed by atoms with Crippen LogP contribution in [0.2, 0.25) is 0 Å². The Balaban J connectivity index is 1.37. The number of ether oxygens (including phenoxy) is 1. The van der Waals surface area contributed by atoms with Crippen LogP contribution in [0.25, 0.3) is 0 Å². The van der Waals surface area contributed by atoms with Crippen molar-refractivity contribution in [3.63, 3.8) is 0 Å². The second-order valence-electron chi connectivity index (χ2n) is 8.06. The average molecular weight is 406 g/mol. The number of hydrogen-bond acceptors (Lipinski definition) is 4. The summed E-state index contributed by atoms with van der Waals surface area (Å²) in [6.45, 7) is 0.236. The molecule has 2 bridgehead atoms. The van der Waals surface area contributed by atoms with Gasteiger partial charge in [0.05, 0.1) is 11.6 Å². The van der Waals surface area contributed by atoms with Crippen LogP contribution in [0.5, 0.6) is 0 Å². The summed E-state index contributed by atoms with van der Waals surface area (Å²) >= 11 is 0. The number of ketones is 1. The molecule has 0 saturated carbocycles. The van der Waals surface area contributed by atoms with E-state index in [1.165, 1.54) is 12.1 Å². The van der Waals surface area contributed by atoms with Crippen LogP contribution in [0.15, 0.2) is 48.5 Å². The van der Waals surface area contributed by atoms with Crippen LogP contribution in [0.1, 0.15) is 42.4 Å². The zero-order valence-corrected chi connectivity index (χ0v) is 16.6. The van der Waals surface area contributed by atoms with E-state index in [-0.39, 0.29) is 48.5 Å². The maximum atomic E-state index is 13.3. The summed E-state index contributed by atoms with van der Waals surface area (Å²) in [5.74, 6) is -0.590. The highest BCUT2D eigenvalue weighted by Crippen LogP contribution is 2.40. The third kappa shape index (κ3) is 4.20. The second kappa shape index (κ2) is 8.66. The molecule has 0 radical (unpaired) electrons. The lowest BCUT2D eigenvalue weighted by atomic mass is 9.84. The summed E-state index contributed by atoms with van der Waals surface area (Å²) in [4.78, 5) is 27.4. The largest absolute Gasteiger partial charge is 0.445 e. The molecule has 30 heavy (non-hydrogen) atoms. The van der Waals surface area contributed by atoms with Gasteiger partial charge in [0.2, 0.25) is 0 Å². The molecule has 0 N–H and O–H groups in total. The van der Waals surface area contributed by atoms with E-state index in [0.717, 1.165) is 24.5 Å².